The van der Waals surface area contributed by atoms with Gasteiger partial charge in [-0.3, -0.25) is 0 Å². The third kappa shape index (κ3) is 3.56. The van der Waals surface area contributed by atoms with Crippen molar-refractivity contribution in [2.24, 2.45) is 5.73 Å². The number of halogens is 6. The molecule has 0 aliphatic heterocycles. The van der Waals surface area contributed by atoms with Crippen LogP contribution in [0.15, 0.2) is 40.9 Å². The molecule has 112 valence electrons. The molecule has 0 saturated heterocycles. The van der Waals surface area contributed by atoms with Gasteiger partial charge in [0.1, 0.15) is 5.82 Å². The SMILES string of the molecule is NC(c1ccc(C(F)(F)F)c(F)c1)c1ccc(Br)c(Cl)c1. The molecular formula is C14H9BrClF4N. The first-order valence-corrected chi connectivity index (χ1v) is 6.94. The van der Waals surface area contributed by atoms with Gasteiger partial charge in [0.25, 0.3) is 0 Å². The molecule has 1 unspecified atom stereocenters. The normalized spacial score (nSPS) is 13.3. The van der Waals surface area contributed by atoms with Crippen LogP contribution in [0.1, 0.15) is 22.7 Å². The molecule has 2 rings (SSSR count). The molecule has 0 amide bonds. The molecule has 0 radical (unpaired) electrons. The van der Waals surface area contributed by atoms with Crippen molar-refractivity contribution >= 4 is 27.5 Å². The predicted molar refractivity (Wildman–Crippen MR) is 76.6 cm³/mol. The first-order chi connectivity index (χ1) is 9.70. The second-order valence-electron chi connectivity index (χ2n) is 4.39. The monoisotopic (exact) mass is 381 g/mol. The molecule has 0 aliphatic rings. The highest BCUT2D eigenvalue weighted by Crippen LogP contribution is 2.33. The molecule has 2 aromatic carbocycles. The summed E-state index contributed by atoms with van der Waals surface area (Å²) in [5.74, 6) is -1.35. The lowest BCUT2D eigenvalue weighted by molar-refractivity contribution is -0.140. The molecule has 0 fully saturated rings. The zero-order valence-corrected chi connectivity index (χ0v) is 12.7. The fourth-order valence-corrected chi connectivity index (χ4v) is 2.29. The highest BCUT2D eigenvalue weighted by Gasteiger charge is 2.34. The van der Waals surface area contributed by atoms with Crippen LogP contribution in [0.2, 0.25) is 5.02 Å². The lowest BCUT2D eigenvalue weighted by atomic mass is 9.98. The Morgan fingerprint density at radius 3 is 2.14 bits per heavy atom. The van der Waals surface area contributed by atoms with E-state index in [2.05, 4.69) is 15.9 Å². The van der Waals surface area contributed by atoms with Gasteiger partial charge in [-0.2, -0.15) is 13.2 Å². The summed E-state index contributed by atoms with van der Waals surface area (Å²) in [6, 6.07) is 6.77. The maximum Gasteiger partial charge on any atom is 0.419 e. The number of alkyl halides is 3. The first-order valence-electron chi connectivity index (χ1n) is 5.77. The van der Waals surface area contributed by atoms with Gasteiger partial charge in [-0.25, -0.2) is 4.39 Å². The van der Waals surface area contributed by atoms with E-state index in [0.29, 0.717) is 21.1 Å². The predicted octanol–water partition coefficient (Wildman–Crippen LogP) is 5.31. The van der Waals surface area contributed by atoms with E-state index in [9.17, 15) is 17.6 Å². The van der Waals surface area contributed by atoms with Crippen LogP contribution >= 0.6 is 27.5 Å². The third-order valence-corrected chi connectivity index (χ3v) is 4.19. The molecular weight excluding hydrogens is 374 g/mol. The molecule has 21 heavy (non-hydrogen) atoms. The number of hydrogen-bond acceptors (Lipinski definition) is 1. The highest BCUT2D eigenvalue weighted by atomic mass is 79.9. The van der Waals surface area contributed by atoms with E-state index >= 15 is 0 Å². The van der Waals surface area contributed by atoms with E-state index in [1.807, 2.05) is 0 Å². The van der Waals surface area contributed by atoms with Crippen LogP contribution in [0.4, 0.5) is 17.6 Å². The number of hydrogen-bond donors (Lipinski definition) is 1. The molecule has 0 saturated carbocycles. The van der Waals surface area contributed by atoms with E-state index in [1.165, 1.54) is 0 Å². The second kappa shape index (κ2) is 5.94. The highest BCUT2D eigenvalue weighted by molar-refractivity contribution is 9.10. The van der Waals surface area contributed by atoms with Gasteiger partial charge in [0.15, 0.2) is 0 Å². The molecule has 0 aliphatic carbocycles. The van der Waals surface area contributed by atoms with Crippen molar-refractivity contribution in [2.45, 2.75) is 12.2 Å². The standard InChI is InChI=1S/C14H9BrClF4N/c15-10-4-2-7(5-11(10)16)13(21)8-1-3-9(12(17)6-8)14(18,19)20/h1-6,13H,21H2. The zero-order chi connectivity index (χ0) is 15.8. The van der Waals surface area contributed by atoms with Gasteiger partial charge in [-0.15, -0.1) is 0 Å². The Morgan fingerprint density at radius 2 is 1.62 bits per heavy atom. The van der Waals surface area contributed by atoms with Crippen LogP contribution in [-0.4, -0.2) is 0 Å². The summed E-state index contributed by atoms with van der Waals surface area (Å²) in [7, 11) is 0. The Kier molecular flexibility index (Phi) is 4.60. The molecule has 1 atom stereocenters. The second-order valence-corrected chi connectivity index (χ2v) is 5.65. The summed E-state index contributed by atoms with van der Waals surface area (Å²) < 4.78 is 51.7. The maximum atomic E-state index is 13.6. The molecule has 2 N–H and O–H groups in total. The Balaban J connectivity index is 2.38. The average molecular weight is 383 g/mol. The van der Waals surface area contributed by atoms with E-state index in [0.717, 1.165) is 12.1 Å². The van der Waals surface area contributed by atoms with Crippen molar-refractivity contribution in [1.29, 1.82) is 0 Å². The summed E-state index contributed by atoms with van der Waals surface area (Å²) in [6.07, 6.45) is -4.73. The van der Waals surface area contributed by atoms with Crippen LogP contribution in [0.3, 0.4) is 0 Å². The smallest absolute Gasteiger partial charge is 0.320 e. The van der Waals surface area contributed by atoms with Crippen LogP contribution in [0.5, 0.6) is 0 Å². The third-order valence-electron chi connectivity index (χ3n) is 2.96. The van der Waals surface area contributed by atoms with Crippen LogP contribution < -0.4 is 5.73 Å². The minimum absolute atomic E-state index is 0.235. The summed E-state index contributed by atoms with van der Waals surface area (Å²) in [5.41, 5.74) is 5.44. The molecule has 0 bridgehead atoms. The number of nitrogens with two attached hydrogens (primary N) is 1. The summed E-state index contributed by atoms with van der Waals surface area (Å²) >= 11 is 9.16. The Hall–Kier alpha value is -1.11. The fourth-order valence-electron chi connectivity index (χ4n) is 1.85. The minimum Gasteiger partial charge on any atom is -0.320 e. The molecule has 0 aromatic heterocycles. The summed E-state index contributed by atoms with van der Waals surface area (Å²) in [5, 5.41) is 0.412. The molecule has 0 heterocycles. The van der Waals surface area contributed by atoms with Crippen molar-refractivity contribution in [3.8, 4) is 0 Å². The number of rotatable bonds is 2. The van der Waals surface area contributed by atoms with Gasteiger partial charge in [0, 0.05) is 4.47 Å². The Morgan fingerprint density at radius 1 is 1.05 bits per heavy atom. The van der Waals surface area contributed by atoms with E-state index in [-0.39, 0.29) is 5.56 Å². The van der Waals surface area contributed by atoms with Crippen molar-refractivity contribution in [3.05, 3.63) is 68.4 Å². The maximum absolute atomic E-state index is 13.6. The molecule has 2 aromatic rings. The Bertz CT molecular complexity index is 673. The van der Waals surface area contributed by atoms with Crippen LogP contribution in [0, 0.1) is 5.82 Å². The van der Waals surface area contributed by atoms with E-state index < -0.39 is 23.6 Å². The molecule has 1 nitrogen and oxygen atoms in total. The van der Waals surface area contributed by atoms with Gasteiger partial charge in [0.2, 0.25) is 0 Å². The van der Waals surface area contributed by atoms with Crippen molar-refractivity contribution < 1.29 is 17.6 Å². The van der Waals surface area contributed by atoms with Gasteiger partial charge < -0.3 is 5.73 Å². The largest absolute Gasteiger partial charge is 0.419 e. The lowest BCUT2D eigenvalue weighted by Crippen LogP contribution is -2.14. The molecule has 0 spiro atoms. The van der Waals surface area contributed by atoms with Gasteiger partial charge in [-0.1, -0.05) is 23.7 Å². The summed E-state index contributed by atoms with van der Waals surface area (Å²) in [6.45, 7) is 0. The number of benzene rings is 2. The Labute approximate surface area is 131 Å². The van der Waals surface area contributed by atoms with Crippen molar-refractivity contribution in [1.82, 2.24) is 0 Å². The fraction of sp³-hybridized carbons (Fsp3) is 0.143. The van der Waals surface area contributed by atoms with Crippen molar-refractivity contribution in [3.63, 3.8) is 0 Å². The van der Waals surface area contributed by atoms with E-state index in [1.54, 1.807) is 18.2 Å². The topological polar surface area (TPSA) is 26.0 Å². The molecule has 7 heteroatoms. The minimum atomic E-state index is -4.73. The van der Waals surface area contributed by atoms with Crippen molar-refractivity contribution in [2.75, 3.05) is 0 Å². The lowest BCUT2D eigenvalue weighted by Gasteiger charge is -2.15. The van der Waals surface area contributed by atoms with Gasteiger partial charge in [-0.05, 0) is 51.3 Å². The van der Waals surface area contributed by atoms with Crippen LogP contribution in [-0.2, 0) is 6.18 Å². The van der Waals surface area contributed by atoms with E-state index in [4.69, 9.17) is 17.3 Å². The average Bonchev–Trinajstić information content (AvgIpc) is 2.39. The zero-order valence-electron chi connectivity index (χ0n) is 10.4. The first kappa shape index (κ1) is 16.3. The quantitative estimate of drug-likeness (QED) is 0.700. The summed E-state index contributed by atoms with van der Waals surface area (Å²) in [4.78, 5) is 0. The van der Waals surface area contributed by atoms with Crippen LogP contribution in [0.25, 0.3) is 0 Å². The van der Waals surface area contributed by atoms with Gasteiger partial charge in [0.05, 0.1) is 16.6 Å². The van der Waals surface area contributed by atoms with Gasteiger partial charge >= 0.3 is 6.18 Å².